The van der Waals surface area contributed by atoms with E-state index in [1.165, 1.54) is 25.8 Å². The van der Waals surface area contributed by atoms with Crippen molar-refractivity contribution in [1.82, 2.24) is 10.6 Å². The highest BCUT2D eigenvalue weighted by Crippen LogP contribution is 2.10. The molecule has 0 aliphatic carbocycles. The molecular weight excluding hydrogens is 176 g/mol. The lowest BCUT2D eigenvalue weighted by Crippen LogP contribution is -2.35. The van der Waals surface area contributed by atoms with E-state index in [1.54, 1.807) is 0 Å². The van der Waals surface area contributed by atoms with Gasteiger partial charge >= 0.3 is 0 Å². The van der Waals surface area contributed by atoms with Crippen molar-refractivity contribution in [2.24, 2.45) is 0 Å². The zero-order chi connectivity index (χ0) is 10.4. The monoisotopic (exact) mass is 200 g/mol. The van der Waals surface area contributed by atoms with Crippen molar-refractivity contribution >= 4 is 0 Å². The Kier molecular flexibility index (Phi) is 5.45. The summed E-state index contributed by atoms with van der Waals surface area (Å²) in [4.78, 5) is 0. The summed E-state index contributed by atoms with van der Waals surface area (Å²) >= 11 is 0. The Morgan fingerprint density at radius 3 is 2.86 bits per heavy atom. The van der Waals surface area contributed by atoms with Gasteiger partial charge in [-0.3, -0.25) is 0 Å². The van der Waals surface area contributed by atoms with Crippen LogP contribution in [0, 0.1) is 0 Å². The molecule has 3 nitrogen and oxygen atoms in total. The number of rotatable bonds is 6. The van der Waals surface area contributed by atoms with Crippen LogP contribution in [0.2, 0.25) is 0 Å². The van der Waals surface area contributed by atoms with Crippen LogP contribution in [0.25, 0.3) is 0 Å². The van der Waals surface area contributed by atoms with Crippen LogP contribution < -0.4 is 10.6 Å². The molecule has 0 aromatic heterocycles. The molecule has 0 radical (unpaired) electrons. The molecule has 1 rings (SSSR count). The molecule has 0 saturated carbocycles. The van der Waals surface area contributed by atoms with Crippen molar-refractivity contribution < 1.29 is 5.11 Å². The van der Waals surface area contributed by atoms with Gasteiger partial charge in [-0.25, -0.2) is 0 Å². The number of hydrogen-bond acceptors (Lipinski definition) is 3. The van der Waals surface area contributed by atoms with Crippen molar-refractivity contribution in [2.45, 2.75) is 57.7 Å². The first-order valence-electron chi connectivity index (χ1n) is 5.83. The molecule has 14 heavy (non-hydrogen) atoms. The van der Waals surface area contributed by atoms with Crippen LogP contribution in [0.3, 0.4) is 0 Å². The van der Waals surface area contributed by atoms with Crippen LogP contribution in [0.15, 0.2) is 0 Å². The van der Waals surface area contributed by atoms with Crippen LogP contribution in [0.1, 0.15) is 39.5 Å². The predicted molar refractivity (Wildman–Crippen MR) is 59.4 cm³/mol. The maximum absolute atomic E-state index is 9.10. The minimum atomic E-state index is -0.181. The third-order valence-electron chi connectivity index (χ3n) is 2.86. The van der Waals surface area contributed by atoms with Gasteiger partial charge in [0.1, 0.15) is 0 Å². The highest BCUT2D eigenvalue weighted by atomic mass is 16.3. The molecule has 0 amide bonds. The van der Waals surface area contributed by atoms with Crippen LogP contribution in [-0.2, 0) is 0 Å². The quantitative estimate of drug-likeness (QED) is 0.596. The van der Waals surface area contributed by atoms with E-state index in [0.717, 1.165) is 13.0 Å². The summed E-state index contributed by atoms with van der Waals surface area (Å²) in [7, 11) is 0. The summed E-state index contributed by atoms with van der Waals surface area (Å²) in [6, 6.07) is 1.27. The third kappa shape index (κ3) is 4.94. The van der Waals surface area contributed by atoms with Gasteiger partial charge in [0.15, 0.2) is 0 Å². The lowest BCUT2D eigenvalue weighted by atomic mass is 10.1. The van der Waals surface area contributed by atoms with Crippen molar-refractivity contribution in [1.29, 1.82) is 0 Å². The zero-order valence-corrected chi connectivity index (χ0v) is 9.42. The Hall–Kier alpha value is -0.120. The highest BCUT2D eigenvalue weighted by molar-refractivity contribution is 4.78. The van der Waals surface area contributed by atoms with E-state index < -0.39 is 0 Å². The second-order valence-electron chi connectivity index (χ2n) is 4.52. The topological polar surface area (TPSA) is 44.3 Å². The van der Waals surface area contributed by atoms with Gasteiger partial charge in [-0.05, 0) is 52.6 Å². The molecule has 84 valence electrons. The number of aliphatic hydroxyl groups is 1. The zero-order valence-electron chi connectivity index (χ0n) is 9.42. The third-order valence-corrected chi connectivity index (χ3v) is 2.86. The summed E-state index contributed by atoms with van der Waals surface area (Å²) in [5, 5.41) is 16.0. The number of hydrogen-bond donors (Lipinski definition) is 3. The first kappa shape index (κ1) is 12.0. The average Bonchev–Trinajstić information content (AvgIpc) is 2.56. The fraction of sp³-hybridized carbons (Fsp3) is 1.00. The molecule has 0 bridgehead atoms. The Morgan fingerprint density at radius 1 is 1.50 bits per heavy atom. The summed E-state index contributed by atoms with van der Waals surface area (Å²) in [6.07, 6.45) is 4.52. The van der Waals surface area contributed by atoms with E-state index in [9.17, 15) is 0 Å². The summed E-state index contributed by atoms with van der Waals surface area (Å²) in [5.74, 6) is 0. The summed E-state index contributed by atoms with van der Waals surface area (Å²) in [6.45, 7) is 6.17. The van der Waals surface area contributed by atoms with Gasteiger partial charge in [-0.1, -0.05) is 0 Å². The van der Waals surface area contributed by atoms with Crippen molar-refractivity contribution in [3.8, 4) is 0 Å². The second-order valence-corrected chi connectivity index (χ2v) is 4.52. The molecule has 1 saturated heterocycles. The van der Waals surface area contributed by atoms with Gasteiger partial charge in [0.25, 0.3) is 0 Å². The molecule has 3 unspecified atom stereocenters. The first-order chi connectivity index (χ1) is 6.68. The van der Waals surface area contributed by atoms with E-state index in [0.29, 0.717) is 12.1 Å². The van der Waals surface area contributed by atoms with E-state index in [-0.39, 0.29) is 6.10 Å². The molecule has 1 aliphatic heterocycles. The van der Waals surface area contributed by atoms with Crippen molar-refractivity contribution in [3.63, 3.8) is 0 Å². The van der Waals surface area contributed by atoms with Crippen LogP contribution in [0.5, 0.6) is 0 Å². The maximum Gasteiger partial charge on any atom is 0.0524 e. The van der Waals surface area contributed by atoms with E-state index in [4.69, 9.17) is 5.11 Å². The SMILES string of the molecule is CC(O)CCNC(C)CC1CCCN1. The molecule has 1 fully saturated rings. The highest BCUT2D eigenvalue weighted by Gasteiger charge is 2.16. The molecule has 3 atom stereocenters. The molecule has 0 aromatic rings. The minimum absolute atomic E-state index is 0.181. The molecule has 0 aromatic carbocycles. The van der Waals surface area contributed by atoms with Gasteiger partial charge in [0.2, 0.25) is 0 Å². The molecule has 0 spiro atoms. The van der Waals surface area contributed by atoms with Gasteiger partial charge in [0, 0.05) is 12.1 Å². The lowest BCUT2D eigenvalue weighted by Gasteiger charge is -2.18. The fourth-order valence-corrected chi connectivity index (χ4v) is 2.01. The van der Waals surface area contributed by atoms with Crippen LogP contribution in [-0.4, -0.2) is 36.4 Å². The molecule has 1 aliphatic rings. The van der Waals surface area contributed by atoms with Gasteiger partial charge in [-0.15, -0.1) is 0 Å². The molecule has 3 N–H and O–H groups in total. The van der Waals surface area contributed by atoms with Crippen LogP contribution in [0.4, 0.5) is 0 Å². The van der Waals surface area contributed by atoms with Crippen molar-refractivity contribution in [2.75, 3.05) is 13.1 Å². The maximum atomic E-state index is 9.10. The normalized spacial score (nSPS) is 26.4. The van der Waals surface area contributed by atoms with Gasteiger partial charge in [-0.2, -0.15) is 0 Å². The first-order valence-corrected chi connectivity index (χ1v) is 5.83. The number of nitrogens with one attached hydrogen (secondary N) is 2. The van der Waals surface area contributed by atoms with E-state index in [1.807, 2.05) is 6.92 Å². The Bertz CT molecular complexity index is 144. The van der Waals surface area contributed by atoms with Crippen molar-refractivity contribution in [3.05, 3.63) is 0 Å². The van der Waals surface area contributed by atoms with E-state index >= 15 is 0 Å². The summed E-state index contributed by atoms with van der Waals surface area (Å²) in [5.41, 5.74) is 0. The Balaban J connectivity index is 2.00. The van der Waals surface area contributed by atoms with E-state index in [2.05, 4.69) is 17.6 Å². The van der Waals surface area contributed by atoms with Gasteiger partial charge in [0.05, 0.1) is 6.10 Å². The molecular formula is C11H24N2O. The van der Waals surface area contributed by atoms with Crippen LogP contribution >= 0.6 is 0 Å². The Morgan fingerprint density at radius 2 is 2.29 bits per heavy atom. The largest absolute Gasteiger partial charge is 0.393 e. The minimum Gasteiger partial charge on any atom is -0.393 e. The molecule has 3 heteroatoms. The standard InChI is InChI=1S/C11H24N2O/c1-9(12-7-5-10(2)14)8-11-4-3-6-13-11/h9-14H,3-8H2,1-2H3. The second kappa shape index (κ2) is 6.38. The smallest absolute Gasteiger partial charge is 0.0524 e. The fourth-order valence-electron chi connectivity index (χ4n) is 2.01. The summed E-state index contributed by atoms with van der Waals surface area (Å²) < 4.78 is 0. The Labute approximate surface area is 87.3 Å². The average molecular weight is 200 g/mol. The molecule has 1 heterocycles. The van der Waals surface area contributed by atoms with Gasteiger partial charge < -0.3 is 15.7 Å². The predicted octanol–water partition coefficient (Wildman–Crippen LogP) is 0.877. The number of aliphatic hydroxyl groups excluding tert-OH is 1. The lowest BCUT2D eigenvalue weighted by molar-refractivity contribution is 0.182.